The van der Waals surface area contributed by atoms with Crippen molar-refractivity contribution >= 4 is 56.1 Å². The predicted octanol–water partition coefficient (Wildman–Crippen LogP) is 4.17. The van der Waals surface area contributed by atoms with Crippen LogP contribution < -0.4 is 10.2 Å². The molecule has 152 valence electrons. The monoisotopic (exact) mass is 499 g/mol. The van der Waals surface area contributed by atoms with Crippen molar-refractivity contribution in [3.8, 4) is 0 Å². The topological polar surface area (TPSA) is 70.5 Å². The minimum absolute atomic E-state index is 0.135. The summed E-state index contributed by atoms with van der Waals surface area (Å²) in [7, 11) is 0. The van der Waals surface area contributed by atoms with Gasteiger partial charge in [-0.15, -0.1) is 11.3 Å². The second-order valence-corrected chi connectivity index (χ2v) is 10.1. The maximum absolute atomic E-state index is 12.7. The highest BCUT2D eigenvalue weighted by atomic mass is 79.9. The molecule has 0 radical (unpaired) electrons. The van der Waals surface area contributed by atoms with Crippen molar-refractivity contribution in [2.75, 3.05) is 23.7 Å². The summed E-state index contributed by atoms with van der Waals surface area (Å²) in [6, 6.07) is 13.2. The zero-order valence-electron chi connectivity index (χ0n) is 15.9. The van der Waals surface area contributed by atoms with E-state index < -0.39 is 5.54 Å². The maximum Gasteiger partial charge on any atom is 0.257 e. The van der Waals surface area contributed by atoms with Crippen molar-refractivity contribution in [1.29, 1.82) is 0 Å². The largest absolute Gasteiger partial charge is 0.338 e. The minimum atomic E-state index is -0.430. The summed E-state index contributed by atoms with van der Waals surface area (Å²) < 4.78 is 1.05. The number of nitrogens with one attached hydrogen (secondary N) is 1. The van der Waals surface area contributed by atoms with Crippen LogP contribution in [0.2, 0.25) is 0 Å². The minimum Gasteiger partial charge on any atom is -0.338 e. The molecule has 2 atom stereocenters. The number of aromatic nitrogens is 2. The van der Waals surface area contributed by atoms with Crippen LogP contribution in [0, 0.1) is 5.92 Å². The number of fused-ring (bicyclic) bond motifs is 1. The Morgan fingerprint density at radius 3 is 2.73 bits per heavy atom. The summed E-state index contributed by atoms with van der Waals surface area (Å²) in [6.45, 7) is 1.51. The number of aliphatic imine (C=N–C) groups is 1. The Kier molecular flexibility index (Phi) is 5.34. The van der Waals surface area contributed by atoms with Crippen LogP contribution in [0.15, 0.2) is 69.7 Å². The number of carbonyl (C=O) groups is 1. The fourth-order valence-corrected chi connectivity index (χ4v) is 6.69. The molecule has 1 N–H and O–H groups in total. The van der Waals surface area contributed by atoms with Crippen LogP contribution in [0.4, 0.5) is 5.95 Å². The van der Waals surface area contributed by atoms with Gasteiger partial charge in [-0.1, -0.05) is 30.0 Å². The first kappa shape index (κ1) is 19.7. The van der Waals surface area contributed by atoms with Crippen LogP contribution in [-0.2, 0) is 5.54 Å². The number of amidine groups is 1. The molecular formula is C21H18BrN5OS2. The first-order valence-corrected chi connectivity index (χ1v) is 12.2. The number of hydrogen-bond acceptors (Lipinski definition) is 7. The van der Waals surface area contributed by atoms with E-state index in [4.69, 9.17) is 4.99 Å². The number of thiophene rings is 1. The second-order valence-electron chi connectivity index (χ2n) is 7.23. The molecule has 1 unspecified atom stereocenters. The van der Waals surface area contributed by atoms with E-state index in [0.29, 0.717) is 23.2 Å². The van der Waals surface area contributed by atoms with Crippen LogP contribution in [-0.4, -0.2) is 39.9 Å². The van der Waals surface area contributed by atoms with Crippen molar-refractivity contribution in [3.63, 3.8) is 0 Å². The van der Waals surface area contributed by atoms with E-state index in [-0.39, 0.29) is 5.91 Å². The summed E-state index contributed by atoms with van der Waals surface area (Å²) in [6.07, 6.45) is 3.53. The first-order valence-electron chi connectivity index (χ1n) is 9.49. The fourth-order valence-electron chi connectivity index (χ4n) is 3.92. The molecule has 1 saturated heterocycles. The lowest BCUT2D eigenvalue weighted by Crippen LogP contribution is -2.42. The van der Waals surface area contributed by atoms with E-state index in [1.807, 2.05) is 36.4 Å². The highest BCUT2D eigenvalue weighted by Crippen LogP contribution is 2.48. The Balaban J connectivity index is 1.49. The molecule has 30 heavy (non-hydrogen) atoms. The molecule has 2 aliphatic heterocycles. The lowest BCUT2D eigenvalue weighted by Gasteiger charge is -2.34. The second kappa shape index (κ2) is 8.13. The molecule has 6 nitrogen and oxygen atoms in total. The third-order valence-corrected chi connectivity index (χ3v) is 8.25. The van der Waals surface area contributed by atoms with Gasteiger partial charge in [0.15, 0.2) is 5.17 Å². The smallest absolute Gasteiger partial charge is 0.257 e. The first-order chi connectivity index (χ1) is 14.6. The Morgan fingerprint density at radius 2 is 2.00 bits per heavy atom. The average Bonchev–Trinajstić information content (AvgIpc) is 3.39. The molecule has 2 aliphatic rings. The molecule has 0 spiro atoms. The van der Waals surface area contributed by atoms with Gasteiger partial charge in [0.2, 0.25) is 5.95 Å². The number of carbonyl (C=O) groups excluding carboxylic acids is 1. The van der Waals surface area contributed by atoms with E-state index in [1.54, 1.807) is 35.5 Å². The Hall–Kier alpha value is -2.23. The summed E-state index contributed by atoms with van der Waals surface area (Å²) in [4.78, 5) is 30.1. The molecule has 5 rings (SSSR count). The van der Waals surface area contributed by atoms with Gasteiger partial charge in [-0.05, 0) is 40.2 Å². The zero-order chi connectivity index (χ0) is 20.6. The lowest BCUT2D eigenvalue weighted by molar-refractivity contribution is 0.0977. The van der Waals surface area contributed by atoms with Crippen LogP contribution in [0.5, 0.6) is 0 Å². The third-order valence-electron chi connectivity index (χ3n) is 5.36. The highest BCUT2D eigenvalue weighted by Gasteiger charge is 2.52. The number of nitrogens with zero attached hydrogens (tertiary/aromatic N) is 4. The van der Waals surface area contributed by atoms with Crippen molar-refractivity contribution in [2.24, 2.45) is 10.9 Å². The zero-order valence-corrected chi connectivity index (χ0v) is 19.1. The molecule has 0 aliphatic carbocycles. The molecule has 3 aromatic rings. The summed E-state index contributed by atoms with van der Waals surface area (Å²) in [5.41, 5.74) is 0.196. The van der Waals surface area contributed by atoms with E-state index in [2.05, 4.69) is 47.6 Å². The molecule has 1 fully saturated rings. The number of benzene rings is 1. The van der Waals surface area contributed by atoms with Gasteiger partial charge >= 0.3 is 0 Å². The molecule has 0 saturated carbocycles. The van der Waals surface area contributed by atoms with E-state index >= 15 is 0 Å². The third kappa shape index (κ3) is 3.66. The number of hydrogen-bond donors (Lipinski definition) is 1. The summed E-state index contributed by atoms with van der Waals surface area (Å²) >= 11 is 6.88. The lowest BCUT2D eigenvalue weighted by atomic mass is 9.87. The number of amides is 1. The standard InChI is InChI=1S/C21H18BrN5OS2/c22-16-9-17(29-12-16)21-13-27(19-23-7-4-8-24-19)10-15(21)11-30-20(26-21)25-18(28)14-5-2-1-3-6-14/h1-9,12,15H,10-11,13H2,(H,25,26,28)/t15-,21?/m0/s1. The fraction of sp³-hybridized carbons (Fsp3) is 0.238. The van der Waals surface area contributed by atoms with Gasteiger partial charge < -0.3 is 10.2 Å². The van der Waals surface area contributed by atoms with Gasteiger partial charge in [-0.25, -0.2) is 15.0 Å². The molecule has 4 heterocycles. The van der Waals surface area contributed by atoms with Gasteiger partial charge in [0.05, 0.1) is 6.54 Å². The van der Waals surface area contributed by atoms with E-state index in [0.717, 1.165) is 22.7 Å². The van der Waals surface area contributed by atoms with Crippen molar-refractivity contribution in [2.45, 2.75) is 5.54 Å². The average molecular weight is 500 g/mol. The Labute approximate surface area is 191 Å². The summed E-state index contributed by atoms with van der Waals surface area (Å²) in [5.74, 6) is 1.75. The molecule has 1 aromatic carbocycles. The number of anilines is 1. The van der Waals surface area contributed by atoms with Gasteiger partial charge in [0.1, 0.15) is 5.54 Å². The summed E-state index contributed by atoms with van der Waals surface area (Å²) in [5, 5.41) is 5.77. The van der Waals surface area contributed by atoms with Crippen LogP contribution in [0.25, 0.3) is 0 Å². The molecule has 1 amide bonds. The molecule has 2 aromatic heterocycles. The number of rotatable bonds is 3. The SMILES string of the molecule is O=C(NC1=NC2(c3cc(Br)cs3)CN(c3ncccn3)C[C@H]2CS1)c1ccccc1. The Morgan fingerprint density at radius 1 is 1.20 bits per heavy atom. The maximum atomic E-state index is 12.7. The van der Waals surface area contributed by atoms with Gasteiger partial charge in [0, 0.05) is 50.9 Å². The van der Waals surface area contributed by atoms with Gasteiger partial charge in [0.25, 0.3) is 5.91 Å². The van der Waals surface area contributed by atoms with Crippen LogP contribution >= 0.6 is 39.0 Å². The van der Waals surface area contributed by atoms with Crippen LogP contribution in [0.3, 0.4) is 0 Å². The van der Waals surface area contributed by atoms with Crippen molar-refractivity contribution in [1.82, 2.24) is 15.3 Å². The highest BCUT2D eigenvalue weighted by molar-refractivity contribution is 9.10. The van der Waals surface area contributed by atoms with Crippen LogP contribution in [0.1, 0.15) is 15.2 Å². The van der Waals surface area contributed by atoms with Gasteiger partial charge in [-0.3, -0.25) is 4.79 Å². The Bertz CT molecular complexity index is 1090. The molecular weight excluding hydrogens is 482 g/mol. The normalized spacial score (nSPS) is 23.0. The van der Waals surface area contributed by atoms with Gasteiger partial charge in [-0.2, -0.15) is 0 Å². The number of halogens is 1. The van der Waals surface area contributed by atoms with Crippen molar-refractivity contribution < 1.29 is 4.79 Å². The van der Waals surface area contributed by atoms with Crippen molar-refractivity contribution in [3.05, 3.63) is 75.2 Å². The van der Waals surface area contributed by atoms with E-state index in [1.165, 1.54) is 4.88 Å². The number of thioether (sulfide) groups is 1. The van der Waals surface area contributed by atoms with E-state index in [9.17, 15) is 4.79 Å². The molecule has 0 bridgehead atoms. The predicted molar refractivity (Wildman–Crippen MR) is 125 cm³/mol. The quantitative estimate of drug-likeness (QED) is 0.585. The molecule has 9 heteroatoms.